The lowest BCUT2D eigenvalue weighted by Gasteiger charge is -2.28. The summed E-state index contributed by atoms with van der Waals surface area (Å²) in [5.41, 5.74) is 2.99. The lowest BCUT2D eigenvalue weighted by atomic mass is 10.1. The summed E-state index contributed by atoms with van der Waals surface area (Å²) in [6, 6.07) is 4.45. The van der Waals surface area contributed by atoms with Gasteiger partial charge in [-0.25, -0.2) is 0 Å². The average Bonchev–Trinajstić information content (AvgIpc) is 2.28. The van der Waals surface area contributed by atoms with Crippen molar-refractivity contribution in [1.29, 1.82) is 0 Å². The lowest BCUT2D eigenvalue weighted by Crippen LogP contribution is -2.25. The van der Waals surface area contributed by atoms with Crippen molar-refractivity contribution in [2.45, 2.75) is 53.0 Å². The normalized spacial score (nSPS) is 12.5. The molecule has 0 aliphatic carbocycles. The molecule has 0 aliphatic rings. The van der Waals surface area contributed by atoms with E-state index in [1.807, 2.05) is 0 Å². The summed E-state index contributed by atoms with van der Waals surface area (Å²) in [6.07, 6.45) is 0. The van der Waals surface area contributed by atoms with Crippen LogP contribution in [0, 0.1) is 6.92 Å². The van der Waals surface area contributed by atoms with Gasteiger partial charge in [0.1, 0.15) is 0 Å². The predicted molar refractivity (Wildman–Crippen MR) is 58.3 cm³/mol. The van der Waals surface area contributed by atoms with Gasteiger partial charge in [0.05, 0.1) is 0 Å². The van der Waals surface area contributed by atoms with Crippen LogP contribution in [0.2, 0.25) is 0 Å². The van der Waals surface area contributed by atoms with Crippen LogP contribution >= 0.6 is 0 Å². The van der Waals surface area contributed by atoms with Gasteiger partial charge in [-0.3, -0.25) is 0 Å². The molecular weight excluding hydrogens is 158 g/mol. The van der Waals surface area contributed by atoms with Crippen LogP contribution in [0.3, 0.4) is 0 Å². The molecule has 1 heterocycles. The summed E-state index contributed by atoms with van der Waals surface area (Å²) in [5, 5.41) is 0. The SMILES string of the molecule is Cc1ccc(C(C)C)n1C(C)(C)C. The van der Waals surface area contributed by atoms with E-state index < -0.39 is 0 Å². The Labute approximate surface area is 81.8 Å². The molecule has 0 atom stereocenters. The first-order chi connectivity index (χ1) is 5.84. The topological polar surface area (TPSA) is 4.93 Å². The van der Waals surface area contributed by atoms with Gasteiger partial charge >= 0.3 is 0 Å². The van der Waals surface area contributed by atoms with Crippen LogP contribution in [0.1, 0.15) is 51.9 Å². The number of hydrogen-bond donors (Lipinski definition) is 0. The van der Waals surface area contributed by atoms with E-state index in [4.69, 9.17) is 0 Å². The van der Waals surface area contributed by atoms with Crippen molar-refractivity contribution in [2.24, 2.45) is 0 Å². The smallest absolute Gasteiger partial charge is 0.0360 e. The molecule has 0 unspecified atom stereocenters. The van der Waals surface area contributed by atoms with Crippen molar-refractivity contribution in [3.63, 3.8) is 0 Å². The first-order valence-corrected chi connectivity index (χ1v) is 5.02. The zero-order valence-corrected chi connectivity index (χ0v) is 9.68. The molecule has 0 saturated heterocycles. The Morgan fingerprint density at radius 2 is 1.69 bits per heavy atom. The highest BCUT2D eigenvalue weighted by Crippen LogP contribution is 2.26. The minimum absolute atomic E-state index is 0.202. The third-order valence-corrected chi connectivity index (χ3v) is 2.37. The highest BCUT2D eigenvalue weighted by molar-refractivity contribution is 5.20. The molecule has 0 bridgehead atoms. The van der Waals surface area contributed by atoms with Crippen LogP contribution in [0.15, 0.2) is 12.1 Å². The van der Waals surface area contributed by atoms with Crippen molar-refractivity contribution in [3.05, 3.63) is 23.5 Å². The Bertz CT molecular complexity index is 287. The van der Waals surface area contributed by atoms with E-state index in [1.165, 1.54) is 11.4 Å². The molecule has 0 aromatic carbocycles. The van der Waals surface area contributed by atoms with Gasteiger partial charge in [0, 0.05) is 16.9 Å². The van der Waals surface area contributed by atoms with Crippen LogP contribution in [-0.2, 0) is 5.54 Å². The van der Waals surface area contributed by atoms with Gasteiger partial charge in [-0.1, -0.05) is 13.8 Å². The second kappa shape index (κ2) is 3.21. The van der Waals surface area contributed by atoms with Gasteiger partial charge < -0.3 is 4.57 Å². The zero-order valence-electron chi connectivity index (χ0n) is 9.68. The number of nitrogens with zero attached hydrogens (tertiary/aromatic N) is 1. The second-order valence-corrected chi connectivity index (χ2v) is 5.06. The van der Waals surface area contributed by atoms with Crippen LogP contribution < -0.4 is 0 Å². The Balaban J connectivity index is 3.25. The van der Waals surface area contributed by atoms with Gasteiger partial charge in [0.15, 0.2) is 0 Å². The minimum Gasteiger partial charge on any atom is -0.343 e. The Hall–Kier alpha value is -0.720. The molecule has 1 nitrogen and oxygen atoms in total. The van der Waals surface area contributed by atoms with E-state index in [9.17, 15) is 0 Å². The molecule has 0 fully saturated rings. The average molecular weight is 179 g/mol. The molecule has 0 N–H and O–H groups in total. The first kappa shape index (κ1) is 10.4. The molecule has 0 saturated carbocycles. The summed E-state index contributed by atoms with van der Waals surface area (Å²) in [4.78, 5) is 0. The van der Waals surface area contributed by atoms with E-state index in [1.54, 1.807) is 0 Å². The van der Waals surface area contributed by atoms with Crippen LogP contribution in [0.4, 0.5) is 0 Å². The van der Waals surface area contributed by atoms with E-state index in [0.717, 1.165) is 0 Å². The highest BCUT2D eigenvalue weighted by Gasteiger charge is 2.19. The molecule has 0 aliphatic heterocycles. The van der Waals surface area contributed by atoms with E-state index in [2.05, 4.69) is 58.2 Å². The fourth-order valence-electron chi connectivity index (χ4n) is 1.93. The third kappa shape index (κ3) is 1.96. The standard InChI is InChI=1S/C12H21N/c1-9(2)11-8-7-10(3)13(11)12(4,5)6/h7-9H,1-6H3. The maximum atomic E-state index is 2.43. The monoisotopic (exact) mass is 179 g/mol. The molecule has 0 amide bonds. The highest BCUT2D eigenvalue weighted by atomic mass is 15.1. The van der Waals surface area contributed by atoms with Crippen molar-refractivity contribution >= 4 is 0 Å². The van der Waals surface area contributed by atoms with Gasteiger partial charge in [0.25, 0.3) is 0 Å². The Kier molecular flexibility index (Phi) is 2.56. The second-order valence-electron chi connectivity index (χ2n) is 5.06. The number of hydrogen-bond acceptors (Lipinski definition) is 0. The van der Waals surface area contributed by atoms with Crippen LogP contribution in [-0.4, -0.2) is 4.57 Å². The third-order valence-electron chi connectivity index (χ3n) is 2.37. The van der Waals surface area contributed by atoms with Gasteiger partial charge in [-0.15, -0.1) is 0 Å². The van der Waals surface area contributed by atoms with Gasteiger partial charge in [0.2, 0.25) is 0 Å². The lowest BCUT2D eigenvalue weighted by molar-refractivity contribution is 0.373. The molecule has 0 radical (unpaired) electrons. The van der Waals surface area contributed by atoms with Crippen molar-refractivity contribution in [1.82, 2.24) is 4.57 Å². The summed E-state index contributed by atoms with van der Waals surface area (Å²) in [5.74, 6) is 0.605. The maximum absolute atomic E-state index is 2.43. The van der Waals surface area contributed by atoms with Gasteiger partial charge in [-0.2, -0.15) is 0 Å². The number of rotatable bonds is 1. The summed E-state index contributed by atoms with van der Waals surface area (Å²) in [7, 11) is 0. The fourth-order valence-corrected chi connectivity index (χ4v) is 1.93. The summed E-state index contributed by atoms with van der Waals surface area (Å²) in [6.45, 7) is 13.4. The Morgan fingerprint density at radius 1 is 1.15 bits per heavy atom. The summed E-state index contributed by atoms with van der Waals surface area (Å²) >= 11 is 0. The molecule has 1 aromatic rings. The molecule has 1 rings (SSSR count). The summed E-state index contributed by atoms with van der Waals surface area (Å²) < 4.78 is 2.43. The van der Waals surface area contributed by atoms with Crippen molar-refractivity contribution < 1.29 is 0 Å². The molecule has 1 aromatic heterocycles. The van der Waals surface area contributed by atoms with E-state index in [0.29, 0.717) is 5.92 Å². The largest absolute Gasteiger partial charge is 0.343 e. The Morgan fingerprint density at radius 3 is 2.00 bits per heavy atom. The molecule has 1 heteroatoms. The number of aryl methyl sites for hydroxylation is 1. The van der Waals surface area contributed by atoms with Crippen LogP contribution in [0.5, 0.6) is 0 Å². The van der Waals surface area contributed by atoms with Gasteiger partial charge in [-0.05, 0) is 45.7 Å². The van der Waals surface area contributed by atoms with E-state index >= 15 is 0 Å². The predicted octanol–water partition coefficient (Wildman–Crippen LogP) is 3.67. The maximum Gasteiger partial charge on any atom is 0.0360 e. The van der Waals surface area contributed by atoms with Crippen molar-refractivity contribution in [3.8, 4) is 0 Å². The molecular formula is C12H21N. The van der Waals surface area contributed by atoms with Crippen LogP contribution in [0.25, 0.3) is 0 Å². The van der Waals surface area contributed by atoms with Crippen molar-refractivity contribution in [2.75, 3.05) is 0 Å². The first-order valence-electron chi connectivity index (χ1n) is 5.02. The number of aromatic nitrogens is 1. The fraction of sp³-hybridized carbons (Fsp3) is 0.667. The molecule has 74 valence electrons. The minimum atomic E-state index is 0.202. The molecule has 13 heavy (non-hydrogen) atoms. The quantitative estimate of drug-likeness (QED) is 0.620. The molecule has 0 spiro atoms. The zero-order chi connectivity index (χ0) is 10.2. The van der Waals surface area contributed by atoms with E-state index in [-0.39, 0.29) is 5.54 Å².